The number of rotatable bonds is 5. The molecular weight excluding hydrogens is 204 g/mol. The number of nitrogens with zero attached hydrogens (tertiary/aromatic N) is 1. The van der Waals surface area contributed by atoms with Crippen LogP contribution in [0.4, 0.5) is 0 Å². The molecule has 1 saturated carbocycles. The van der Waals surface area contributed by atoms with Crippen LogP contribution in [0.2, 0.25) is 0 Å². The van der Waals surface area contributed by atoms with Gasteiger partial charge in [0.25, 0.3) is 0 Å². The van der Waals surface area contributed by atoms with Gasteiger partial charge in [0.2, 0.25) is 0 Å². The Morgan fingerprint density at radius 2 is 2.33 bits per heavy atom. The van der Waals surface area contributed by atoms with E-state index >= 15 is 0 Å². The second-order valence-electron chi connectivity index (χ2n) is 4.65. The van der Waals surface area contributed by atoms with E-state index < -0.39 is 0 Å². The monoisotopic (exact) mass is 224 g/mol. The molecule has 2 atom stereocenters. The van der Waals surface area contributed by atoms with Crippen molar-refractivity contribution < 1.29 is 0 Å². The second kappa shape index (κ2) is 4.62. The van der Waals surface area contributed by atoms with Gasteiger partial charge in [-0.2, -0.15) is 0 Å². The average molecular weight is 224 g/mol. The standard InChI is InChI=1S/C12H20N2S/c1-8(10-4-5-10)12(13-3)6-11-7-15-9(2)14-11/h7-8,10,12-13H,4-6H2,1-3H3. The Morgan fingerprint density at radius 1 is 1.60 bits per heavy atom. The molecule has 0 saturated heterocycles. The number of nitrogens with one attached hydrogen (secondary N) is 1. The maximum atomic E-state index is 4.54. The van der Waals surface area contributed by atoms with Crippen LogP contribution in [0, 0.1) is 18.8 Å². The first-order chi connectivity index (χ1) is 7.20. The van der Waals surface area contributed by atoms with Gasteiger partial charge in [-0.15, -0.1) is 11.3 Å². The van der Waals surface area contributed by atoms with Crippen LogP contribution in [0.25, 0.3) is 0 Å². The van der Waals surface area contributed by atoms with Gasteiger partial charge >= 0.3 is 0 Å². The Balaban J connectivity index is 1.95. The van der Waals surface area contributed by atoms with Crippen molar-refractivity contribution in [1.82, 2.24) is 10.3 Å². The zero-order chi connectivity index (χ0) is 10.8. The number of aryl methyl sites for hydroxylation is 1. The van der Waals surface area contributed by atoms with Crippen LogP contribution in [0.15, 0.2) is 5.38 Å². The number of likely N-dealkylation sites (N-methyl/N-ethyl adjacent to an activating group) is 1. The summed E-state index contributed by atoms with van der Waals surface area (Å²) < 4.78 is 0. The van der Waals surface area contributed by atoms with Gasteiger partial charge in [-0.3, -0.25) is 0 Å². The van der Waals surface area contributed by atoms with Crippen molar-refractivity contribution in [3.8, 4) is 0 Å². The summed E-state index contributed by atoms with van der Waals surface area (Å²) in [5.74, 6) is 1.75. The highest BCUT2D eigenvalue weighted by molar-refractivity contribution is 7.09. The van der Waals surface area contributed by atoms with E-state index in [0.717, 1.165) is 18.3 Å². The molecule has 84 valence electrons. The minimum absolute atomic E-state index is 0.596. The molecule has 1 aromatic rings. The number of hydrogen-bond acceptors (Lipinski definition) is 3. The molecule has 15 heavy (non-hydrogen) atoms. The first-order valence-corrected chi connectivity index (χ1v) is 6.67. The smallest absolute Gasteiger partial charge is 0.0897 e. The van der Waals surface area contributed by atoms with Crippen molar-refractivity contribution in [3.05, 3.63) is 16.1 Å². The quantitative estimate of drug-likeness (QED) is 0.831. The molecule has 0 radical (unpaired) electrons. The predicted octanol–water partition coefficient (Wildman–Crippen LogP) is 2.63. The van der Waals surface area contributed by atoms with E-state index in [1.165, 1.54) is 23.5 Å². The molecule has 2 unspecified atom stereocenters. The van der Waals surface area contributed by atoms with Crippen LogP contribution in [0.5, 0.6) is 0 Å². The summed E-state index contributed by atoms with van der Waals surface area (Å²) in [6.45, 7) is 4.45. The van der Waals surface area contributed by atoms with Crippen LogP contribution in [-0.4, -0.2) is 18.1 Å². The van der Waals surface area contributed by atoms with Crippen molar-refractivity contribution in [2.45, 2.75) is 39.2 Å². The molecule has 1 N–H and O–H groups in total. The summed E-state index contributed by atoms with van der Waals surface area (Å²) in [7, 11) is 2.07. The first-order valence-electron chi connectivity index (χ1n) is 5.79. The van der Waals surface area contributed by atoms with Crippen LogP contribution < -0.4 is 5.32 Å². The lowest BCUT2D eigenvalue weighted by Gasteiger charge is -2.22. The lowest BCUT2D eigenvalue weighted by Crippen LogP contribution is -2.35. The third-order valence-corrected chi connectivity index (χ3v) is 4.29. The zero-order valence-corrected chi connectivity index (χ0v) is 10.6. The molecule has 1 fully saturated rings. The van der Waals surface area contributed by atoms with Gasteiger partial charge < -0.3 is 5.32 Å². The van der Waals surface area contributed by atoms with Gasteiger partial charge in [0.1, 0.15) is 0 Å². The van der Waals surface area contributed by atoms with Crippen LogP contribution >= 0.6 is 11.3 Å². The molecule has 3 heteroatoms. The van der Waals surface area contributed by atoms with E-state index in [2.05, 4.69) is 36.6 Å². The van der Waals surface area contributed by atoms with E-state index in [4.69, 9.17) is 0 Å². The normalized spacial score (nSPS) is 20.2. The lowest BCUT2D eigenvalue weighted by atomic mass is 9.93. The fourth-order valence-electron chi connectivity index (χ4n) is 2.23. The number of aromatic nitrogens is 1. The minimum Gasteiger partial charge on any atom is -0.316 e. The van der Waals surface area contributed by atoms with Crippen molar-refractivity contribution in [2.75, 3.05) is 7.05 Å². The predicted molar refractivity (Wildman–Crippen MR) is 65.3 cm³/mol. The van der Waals surface area contributed by atoms with Crippen LogP contribution in [0.1, 0.15) is 30.5 Å². The molecule has 0 aliphatic heterocycles. The third-order valence-electron chi connectivity index (χ3n) is 3.47. The Kier molecular flexibility index (Phi) is 3.42. The molecule has 0 spiro atoms. The fourth-order valence-corrected chi connectivity index (χ4v) is 2.85. The first kappa shape index (κ1) is 11.1. The van der Waals surface area contributed by atoms with Gasteiger partial charge in [-0.05, 0) is 38.6 Å². The highest BCUT2D eigenvalue weighted by Crippen LogP contribution is 2.38. The summed E-state index contributed by atoms with van der Waals surface area (Å²) in [4.78, 5) is 4.54. The number of thiazole rings is 1. The molecule has 1 aliphatic rings. The molecular formula is C12H20N2S. The lowest BCUT2D eigenvalue weighted by molar-refractivity contribution is 0.356. The van der Waals surface area contributed by atoms with Gasteiger partial charge in [0, 0.05) is 17.8 Å². The Bertz CT molecular complexity index is 317. The van der Waals surface area contributed by atoms with Gasteiger partial charge in [-0.25, -0.2) is 4.98 Å². The van der Waals surface area contributed by atoms with Gasteiger partial charge in [0.05, 0.1) is 10.7 Å². The molecule has 0 aromatic carbocycles. The summed E-state index contributed by atoms with van der Waals surface area (Å²) in [6.07, 6.45) is 3.93. The van der Waals surface area contributed by atoms with Crippen molar-refractivity contribution >= 4 is 11.3 Å². The Labute approximate surface area is 96.1 Å². The van der Waals surface area contributed by atoms with Crippen molar-refractivity contribution in [1.29, 1.82) is 0 Å². The fraction of sp³-hybridized carbons (Fsp3) is 0.750. The summed E-state index contributed by atoms with van der Waals surface area (Å²) in [6, 6.07) is 0.596. The summed E-state index contributed by atoms with van der Waals surface area (Å²) in [5.41, 5.74) is 1.25. The maximum absolute atomic E-state index is 4.54. The molecule has 0 amide bonds. The molecule has 2 rings (SSSR count). The molecule has 0 bridgehead atoms. The maximum Gasteiger partial charge on any atom is 0.0897 e. The van der Waals surface area contributed by atoms with Crippen LogP contribution in [-0.2, 0) is 6.42 Å². The largest absolute Gasteiger partial charge is 0.316 e. The molecule has 1 aromatic heterocycles. The van der Waals surface area contributed by atoms with Gasteiger partial charge in [-0.1, -0.05) is 6.92 Å². The molecule has 1 aliphatic carbocycles. The zero-order valence-electron chi connectivity index (χ0n) is 9.79. The van der Waals surface area contributed by atoms with E-state index in [1.807, 2.05) is 0 Å². The van der Waals surface area contributed by atoms with Crippen LogP contribution in [0.3, 0.4) is 0 Å². The highest BCUT2D eigenvalue weighted by Gasteiger charge is 2.32. The van der Waals surface area contributed by atoms with E-state index in [-0.39, 0.29) is 0 Å². The SMILES string of the molecule is CNC(Cc1csc(C)n1)C(C)C1CC1. The second-order valence-corrected chi connectivity index (χ2v) is 5.72. The minimum atomic E-state index is 0.596. The van der Waals surface area contributed by atoms with E-state index in [0.29, 0.717) is 6.04 Å². The third kappa shape index (κ3) is 2.79. The summed E-state index contributed by atoms with van der Waals surface area (Å²) >= 11 is 1.75. The summed E-state index contributed by atoms with van der Waals surface area (Å²) in [5, 5.41) is 6.82. The van der Waals surface area contributed by atoms with Crippen molar-refractivity contribution in [3.63, 3.8) is 0 Å². The number of hydrogen-bond donors (Lipinski definition) is 1. The Hall–Kier alpha value is -0.410. The highest BCUT2D eigenvalue weighted by atomic mass is 32.1. The Morgan fingerprint density at radius 3 is 2.80 bits per heavy atom. The van der Waals surface area contributed by atoms with E-state index in [9.17, 15) is 0 Å². The average Bonchev–Trinajstić information content (AvgIpc) is 2.99. The topological polar surface area (TPSA) is 24.9 Å². The van der Waals surface area contributed by atoms with E-state index in [1.54, 1.807) is 11.3 Å². The van der Waals surface area contributed by atoms with Gasteiger partial charge in [0.15, 0.2) is 0 Å². The molecule has 1 heterocycles. The molecule has 2 nitrogen and oxygen atoms in total. The van der Waals surface area contributed by atoms with Crippen molar-refractivity contribution in [2.24, 2.45) is 11.8 Å².